The molecule has 1 atom stereocenters. The maximum absolute atomic E-state index is 12.3. The van der Waals surface area contributed by atoms with Crippen molar-refractivity contribution in [1.29, 1.82) is 0 Å². The van der Waals surface area contributed by atoms with Crippen molar-refractivity contribution in [3.8, 4) is 11.5 Å². The van der Waals surface area contributed by atoms with E-state index >= 15 is 0 Å². The van der Waals surface area contributed by atoms with Gasteiger partial charge < -0.3 is 25.0 Å². The number of methoxy groups -OCH3 is 1. The van der Waals surface area contributed by atoms with Crippen LogP contribution in [0.15, 0.2) is 18.2 Å². The van der Waals surface area contributed by atoms with E-state index in [1.165, 1.54) is 0 Å². The third-order valence-electron chi connectivity index (χ3n) is 4.17. The summed E-state index contributed by atoms with van der Waals surface area (Å²) in [5, 5.41) is 5.62. The van der Waals surface area contributed by atoms with E-state index in [0.717, 1.165) is 17.1 Å². The molecule has 0 bridgehead atoms. The highest BCUT2D eigenvalue weighted by Crippen LogP contribution is 2.30. The fourth-order valence-electron chi connectivity index (χ4n) is 2.85. The van der Waals surface area contributed by atoms with Crippen LogP contribution in [0.1, 0.15) is 5.56 Å². The number of ether oxygens (including phenoxy) is 2. The lowest BCUT2D eigenvalue weighted by Gasteiger charge is -2.25. The Balaban J connectivity index is 1.51. The van der Waals surface area contributed by atoms with Crippen LogP contribution in [0.2, 0.25) is 0 Å². The van der Waals surface area contributed by atoms with Gasteiger partial charge in [-0.1, -0.05) is 0 Å². The number of fused-ring (bicyclic) bond motifs is 1. The Kier molecular flexibility index (Phi) is 4.55. The predicted octanol–water partition coefficient (Wildman–Crippen LogP) is 0.388. The van der Waals surface area contributed by atoms with Gasteiger partial charge in [-0.2, -0.15) is 0 Å². The van der Waals surface area contributed by atoms with Crippen LogP contribution in [0.3, 0.4) is 0 Å². The molecule has 124 valence electrons. The zero-order chi connectivity index (χ0) is 16.2. The van der Waals surface area contributed by atoms with Crippen molar-refractivity contribution >= 4 is 11.9 Å². The molecule has 2 aliphatic heterocycles. The number of carbonyl (C=O) groups excluding carboxylic acids is 2. The van der Waals surface area contributed by atoms with Gasteiger partial charge in [0, 0.05) is 26.2 Å². The van der Waals surface area contributed by atoms with Crippen molar-refractivity contribution in [2.75, 3.05) is 39.9 Å². The van der Waals surface area contributed by atoms with E-state index in [4.69, 9.17) is 9.47 Å². The van der Waals surface area contributed by atoms with Crippen molar-refractivity contribution in [2.24, 2.45) is 5.92 Å². The number of amides is 3. The summed E-state index contributed by atoms with van der Waals surface area (Å²) < 4.78 is 10.9. The summed E-state index contributed by atoms with van der Waals surface area (Å²) >= 11 is 0. The highest BCUT2D eigenvalue weighted by atomic mass is 16.5. The van der Waals surface area contributed by atoms with Gasteiger partial charge in [0.2, 0.25) is 5.91 Å². The SMILES string of the molecule is COc1ccc2c(c1)C[C@H](C(=O)NCCN1CCNC1=O)CO2. The Bertz CT molecular complexity index is 605. The quantitative estimate of drug-likeness (QED) is 0.823. The van der Waals surface area contributed by atoms with Gasteiger partial charge in [0.25, 0.3) is 0 Å². The number of nitrogens with one attached hydrogen (secondary N) is 2. The summed E-state index contributed by atoms with van der Waals surface area (Å²) in [5.74, 6) is 1.30. The van der Waals surface area contributed by atoms with Crippen molar-refractivity contribution in [1.82, 2.24) is 15.5 Å². The lowest BCUT2D eigenvalue weighted by molar-refractivity contribution is -0.126. The first-order chi connectivity index (χ1) is 11.2. The minimum absolute atomic E-state index is 0.0434. The van der Waals surface area contributed by atoms with Gasteiger partial charge in [0.1, 0.15) is 18.1 Å². The number of benzene rings is 1. The van der Waals surface area contributed by atoms with E-state index in [0.29, 0.717) is 39.2 Å². The number of urea groups is 1. The zero-order valence-electron chi connectivity index (χ0n) is 13.1. The standard InChI is InChI=1S/C16H21N3O4/c1-22-13-2-3-14-11(9-13)8-12(10-23-14)15(20)17-4-6-19-7-5-18-16(19)21/h2-3,9,12H,4-8,10H2,1H3,(H,17,20)(H,18,21)/t12-/m0/s1. The molecule has 0 spiro atoms. The number of hydrogen-bond donors (Lipinski definition) is 2. The molecule has 1 saturated heterocycles. The molecule has 0 aromatic heterocycles. The van der Waals surface area contributed by atoms with Crippen LogP contribution >= 0.6 is 0 Å². The molecule has 7 nitrogen and oxygen atoms in total. The highest BCUT2D eigenvalue weighted by molar-refractivity contribution is 5.80. The van der Waals surface area contributed by atoms with Gasteiger partial charge >= 0.3 is 6.03 Å². The number of rotatable bonds is 5. The molecule has 0 aliphatic carbocycles. The van der Waals surface area contributed by atoms with Crippen LogP contribution in [-0.2, 0) is 11.2 Å². The molecule has 3 rings (SSSR count). The summed E-state index contributed by atoms with van der Waals surface area (Å²) in [5.41, 5.74) is 0.981. The Labute approximate surface area is 134 Å². The summed E-state index contributed by atoms with van der Waals surface area (Å²) in [6.07, 6.45) is 0.628. The fraction of sp³-hybridized carbons (Fsp3) is 0.500. The highest BCUT2D eigenvalue weighted by Gasteiger charge is 2.26. The second-order valence-electron chi connectivity index (χ2n) is 5.70. The third-order valence-corrected chi connectivity index (χ3v) is 4.17. The molecular formula is C16H21N3O4. The van der Waals surface area contributed by atoms with Gasteiger partial charge in [-0.15, -0.1) is 0 Å². The summed E-state index contributed by atoms with van der Waals surface area (Å²) in [6, 6.07) is 5.55. The molecule has 1 fully saturated rings. The van der Waals surface area contributed by atoms with E-state index in [1.54, 1.807) is 12.0 Å². The number of nitrogens with zero attached hydrogens (tertiary/aromatic N) is 1. The average molecular weight is 319 g/mol. The maximum Gasteiger partial charge on any atom is 0.317 e. The second kappa shape index (κ2) is 6.76. The van der Waals surface area contributed by atoms with Crippen molar-refractivity contribution < 1.29 is 19.1 Å². The molecule has 0 saturated carbocycles. The van der Waals surface area contributed by atoms with Gasteiger partial charge in [-0.05, 0) is 30.2 Å². The Morgan fingerprint density at radius 3 is 3.13 bits per heavy atom. The molecule has 3 amide bonds. The Morgan fingerprint density at radius 1 is 1.52 bits per heavy atom. The first-order valence-electron chi connectivity index (χ1n) is 7.77. The lowest BCUT2D eigenvalue weighted by atomic mass is 9.96. The van der Waals surface area contributed by atoms with E-state index in [1.807, 2.05) is 18.2 Å². The Morgan fingerprint density at radius 2 is 2.39 bits per heavy atom. The third kappa shape index (κ3) is 3.49. The molecular weight excluding hydrogens is 298 g/mol. The van der Waals surface area contributed by atoms with Gasteiger partial charge in [0.05, 0.1) is 13.0 Å². The minimum Gasteiger partial charge on any atom is -0.497 e. The van der Waals surface area contributed by atoms with E-state index in [9.17, 15) is 9.59 Å². The van der Waals surface area contributed by atoms with Crippen LogP contribution in [0, 0.1) is 5.92 Å². The van der Waals surface area contributed by atoms with Crippen LogP contribution < -0.4 is 20.1 Å². The van der Waals surface area contributed by atoms with E-state index in [2.05, 4.69) is 10.6 Å². The molecule has 1 aromatic rings. The van der Waals surface area contributed by atoms with E-state index in [-0.39, 0.29) is 17.9 Å². The summed E-state index contributed by atoms with van der Waals surface area (Å²) in [6.45, 7) is 2.70. The molecule has 2 aliphatic rings. The number of carbonyl (C=O) groups is 2. The monoisotopic (exact) mass is 319 g/mol. The van der Waals surface area contributed by atoms with E-state index < -0.39 is 0 Å². The predicted molar refractivity (Wildman–Crippen MR) is 83.7 cm³/mol. The topological polar surface area (TPSA) is 79.9 Å². The molecule has 0 radical (unpaired) electrons. The first-order valence-corrected chi connectivity index (χ1v) is 7.77. The molecule has 23 heavy (non-hydrogen) atoms. The molecule has 2 N–H and O–H groups in total. The van der Waals surface area contributed by atoms with Crippen molar-refractivity contribution in [3.05, 3.63) is 23.8 Å². The fourth-order valence-corrected chi connectivity index (χ4v) is 2.85. The Hall–Kier alpha value is -2.44. The van der Waals surface area contributed by atoms with Gasteiger partial charge in [-0.25, -0.2) is 4.79 Å². The average Bonchev–Trinajstić information content (AvgIpc) is 2.98. The largest absolute Gasteiger partial charge is 0.497 e. The smallest absolute Gasteiger partial charge is 0.317 e. The molecule has 7 heteroatoms. The number of hydrogen-bond acceptors (Lipinski definition) is 4. The minimum atomic E-state index is -0.220. The molecule has 0 unspecified atom stereocenters. The lowest BCUT2D eigenvalue weighted by Crippen LogP contribution is -2.41. The zero-order valence-corrected chi connectivity index (χ0v) is 13.1. The van der Waals surface area contributed by atoms with Crippen LogP contribution in [0.25, 0.3) is 0 Å². The summed E-state index contributed by atoms with van der Waals surface area (Å²) in [7, 11) is 1.62. The second-order valence-corrected chi connectivity index (χ2v) is 5.70. The van der Waals surface area contributed by atoms with Crippen LogP contribution in [0.5, 0.6) is 11.5 Å². The van der Waals surface area contributed by atoms with Gasteiger partial charge in [0.15, 0.2) is 0 Å². The van der Waals surface area contributed by atoms with Crippen LogP contribution in [-0.4, -0.2) is 56.7 Å². The molecule has 1 aromatic carbocycles. The van der Waals surface area contributed by atoms with Crippen molar-refractivity contribution in [3.63, 3.8) is 0 Å². The molecule has 2 heterocycles. The van der Waals surface area contributed by atoms with Crippen molar-refractivity contribution in [2.45, 2.75) is 6.42 Å². The van der Waals surface area contributed by atoms with Gasteiger partial charge in [-0.3, -0.25) is 4.79 Å². The van der Waals surface area contributed by atoms with Crippen LogP contribution in [0.4, 0.5) is 4.79 Å². The normalized spacial score (nSPS) is 19.6. The first kappa shape index (κ1) is 15.5. The summed E-state index contributed by atoms with van der Waals surface area (Å²) in [4.78, 5) is 25.4. The maximum atomic E-state index is 12.3.